The Morgan fingerprint density at radius 3 is 2.11 bits per heavy atom. The monoisotopic (exact) mass is 507 g/mol. The highest BCUT2D eigenvalue weighted by Gasteiger charge is 2.51. The van der Waals surface area contributed by atoms with E-state index >= 15 is 0 Å². The van der Waals surface area contributed by atoms with Crippen LogP contribution < -0.4 is 10.6 Å². The molecule has 4 bridgehead atoms. The number of rotatable bonds is 10. The van der Waals surface area contributed by atoms with E-state index in [1.165, 1.54) is 76.2 Å². The van der Waals surface area contributed by atoms with E-state index in [-0.39, 0.29) is 17.7 Å². The van der Waals surface area contributed by atoms with Crippen molar-refractivity contribution in [3.05, 3.63) is 35.4 Å². The molecule has 0 aromatic heterocycles. The summed E-state index contributed by atoms with van der Waals surface area (Å²) in [6, 6.07) is 8.55. The van der Waals surface area contributed by atoms with Crippen molar-refractivity contribution >= 4 is 11.8 Å². The van der Waals surface area contributed by atoms with Crippen LogP contribution in [0.15, 0.2) is 24.3 Å². The fourth-order valence-corrected chi connectivity index (χ4v) is 8.55. The molecule has 0 spiro atoms. The second-order valence-corrected chi connectivity index (χ2v) is 13.4. The number of benzene rings is 1. The Labute approximate surface area is 224 Å². The molecule has 1 unspecified atom stereocenters. The summed E-state index contributed by atoms with van der Waals surface area (Å²) < 4.78 is 0. The summed E-state index contributed by atoms with van der Waals surface area (Å²) in [5, 5.41) is 6.11. The van der Waals surface area contributed by atoms with Gasteiger partial charge in [0.25, 0.3) is 5.91 Å². The first-order chi connectivity index (χ1) is 17.8. The molecule has 1 aromatic carbocycles. The van der Waals surface area contributed by atoms with Crippen molar-refractivity contribution in [2.24, 2.45) is 23.7 Å². The van der Waals surface area contributed by atoms with Gasteiger partial charge in [-0.15, -0.1) is 0 Å². The lowest BCUT2D eigenvalue weighted by atomic mass is 9.48. The number of carbonyl (C=O) groups excluding carboxylic acids is 2. The number of hydrogen-bond acceptors (Lipinski definition) is 3. The Morgan fingerprint density at radius 2 is 1.54 bits per heavy atom. The van der Waals surface area contributed by atoms with Crippen molar-refractivity contribution in [1.82, 2.24) is 15.5 Å². The molecule has 5 heteroatoms. The third-order valence-corrected chi connectivity index (χ3v) is 10.2. The molecule has 2 amide bonds. The molecular weight excluding hydrogens is 458 g/mol. The van der Waals surface area contributed by atoms with Gasteiger partial charge in [0.15, 0.2) is 0 Å². The Kier molecular flexibility index (Phi) is 8.28. The topological polar surface area (TPSA) is 61.4 Å². The molecule has 5 saturated carbocycles. The highest BCUT2D eigenvalue weighted by molar-refractivity contribution is 5.97. The SMILES string of the molecule is CC(C)C(NC(=O)c1ccc(C23CC4CC(CC(C4)C2)C3)cc1)C(=O)NCCCN(C)C1CCCCC1. The highest BCUT2D eigenvalue weighted by Crippen LogP contribution is 2.60. The zero-order valence-electron chi connectivity index (χ0n) is 23.4. The van der Waals surface area contributed by atoms with E-state index in [1.54, 1.807) is 0 Å². The van der Waals surface area contributed by atoms with Crippen molar-refractivity contribution in [1.29, 1.82) is 0 Å². The summed E-state index contributed by atoms with van der Waals surface area (Å²) in [5.74, 6) is 2.53. The summed E-state index contributed by atoms with van der Waals surface area (Å²) in [7, 11) is 2.21. The van der Waals surface area contributed by atoms with E-state index in [1.807, 2.05) is 26.0 Å². The van der Waals surface area contributed by atoms with Gasteiger partial charge in [-0.05, 0) is 118 Å². The smallest absolute Gasteiger partial charge is 0.251 e. The summed E-state index contributed by atoms with van der Waals surface area (Å²) in [4.78, 5) is 28.6. The molecule has 0 radical (unpaired) electrons. The van der Waals surface area contributed by atoms with Gasteiger partial charge in [-0.3, -0.25) is 9.59 Å². The molecular formula is C32H49N3O2. The molecule has 37 heavy (non-hydrogen) atoms. The average molecular weight is 508 g/mol. The third-order valence-electron chi connectivity index (χ3n) is 10.2. The van der Waals surface area contributed by atoms with Crippen LogP contribution in [0.5, 0.6) is 0 Å². The van der Waals surface area contributed by atoms with E-state index in [2.05, 4.69) is 34.7 Å². The lowest BCUT2D eigenvalue weighted by molar-refractivity contribution is -0.123. The van der Waals surface area contributed by atoms with Crippen LogP contribution in [0.2, 0.25) is 0 Å². The van der Waals surface area contributed by atoms with Crippen LogP contribution in [0.3, 0.4) is 0 Å². The van der Waals surface area contributed by atoms with Crippen molar-refractivity contribution in [3.8, 4) is 0 Å². The van der Waals surface area contributed by atoms with Crippen molar-refractivity contribution in [2.75, 3.05) is 20.1 Å². The fraction of sp³-hybridized carbons (Fsp3) is 0.750. The molecule has 0 saturated heterocycles. The van der Waals surface area contributed by atoms with E-state index in [9.17, 15) is 9.59 Å². The van der Waals surface area contributed by atoms with Crippen molar-refractivity contribution in [3.63, 3.8) is 0 Å². The normalized spacial score (nSPS) is 30.0. The van der Waals surface area contributed by atoms with Crippen LogP contribution in [0.4, 0.5) is 0 Å². The van der Waals surface area contributed by atoms with Gasteiger partial charge in [0, 0.05) is 18.2 Å². The van der Waals surface area contributed by atoms with Gasteiger partial charge in [0.2, 0.25) is 5.91 Å². The first-order valence-corrected chi connectivity index (χ1v) is 15.2. The minimum Gasteiger partial charge on any atom is -0.354 e. The standard InChI is InChI=1S/C32H49N3O2/c1-22(2)29(31(37)33-14-7-15-35(3)28-8-5-4-6-9-28)34-30(36)26-10-12-27(13-11-26)32-19-23-16-24(20-32)18-25(17-23)21-32/h10-13,22-25,28-29H,4-9,14-21H2,1-3H3,(H,33,37)(H,34,36). The fourth-order valence-electron chi connectivity index (χ4n) is 8.55. The minimum absolute atomic E-state index is 0.0279. The van der Waals surface area contributed by atoms with Gasteiger partial charge in [0.1, 0.15) is 6.04 Å². The number of hydrogen-bond donors (Lipinski definition) is 2. The minimum atomic E-state index is -0.522. The third kappa shape index (κ3) is 6.08. The quantitative estimate of drug-likeness (QED) is 0.401. The second kappa shape index (κ2) is 11.5. The molecule has 6 rings (SSSR count). The predicted octanol–water partition coefficient (Wildman–Crippen LogP) is 5.68. The largest absolute Gasteiger partial charge is 0.354 e. The van der Waals surface area contributed by atoms with Gasteiger partial charge in [-0.1, -0.05) is 45.2 Å². The average Bonchev–Trinajstić information content (AvgIpc) is 2.89. The molecule has 1 aromatic rings. The van der Waals surface area contributed by atoms with Crippen molar-refractivity contribution in [2.45, 2.75) is 108 Å². The number of nitrogens with zero attached hydrogens (tertiary/aromatic N) is 1. The summed E-state index contributed by atoms with van der Waals surface area (Å²) in [6.07, 6.45) is 15.9. The molecule has 0 aliphatic heterocycles. The lowest BCUT2D eigenvalue weighted by Gasteiger charge is -2.57. The van der Waals surface area contributed by atoms with E-state index < -0.39 is 6.04 Å². The summed E-state index contributed by atoms with van der Waals surface area (Å²) in [5.41, 5.74) is 2.43. The summed E-state index contributed by atoms with van der Waals surface area (Å²) >= 11 is 0. The Balaban J connectivity index is 1.12. The van der Waals surface area contributed by atoms with Crippen LogP contribution in [0.25, 0.3) is 0 Å². The van der Waals surface area contributed by atoms with Crippen LogP contribution in [-0.2, 0) is 10.2 Å². The maximum absolute atomic E-state index is 13.1. The van der Waals surface area contributed by atoms with Gasteiger partial charge in [-0.2, -0.15) is 0 Å². The van der Waals surface area contributed by atoms with Crippen molar-refractivity contribution < 1.29 is 9.59 Å². The maximum Gasteiger partial charge on any atom is 0.251 e. The second-order valence-electron chi connectivity index (χ2n) is 13.4. The van der Waals surface area contributed by atoms with Gasteiger partial charge in [0.05, 0.1) is 0 Å². The first-order valence-electron chi connectivity index (χ1n) is 15.2. The molecule has 5 nitrogen and oxygen atoms in total. The molecule has 2 N–H and O–H groups in total. The molecule has 5 fully saturated rings. The van der Waals surface area contributed by atoms with Crippen LogP contribution in [-0.4, -0.2) is 48.9 Å². The van der Waals surface area contributed by atoms with E-state index in [0.717, 1.165) is 30.7 Å². The van der Waals surface area contributed by atoms with Gasteiger partial charge >= 0.3 is 0 Å². The number of carbonyl (C=O) groups is 2. The molecule has 5 aliphatic rings. The number of nitrogens with one attached hydrogen (secondary N) is 2. The number of amides is 2. The van der Waals surface area contributed by atoms with Gasteiger partial charge in [-0.25, -0.2) is 0 Å². The summed E-state index contributed by atoms with van der Waals surface area (Å²) in [6.45, 7) is 5.64. The maximum atomic E-state index is 13.1. The molecule has 5 aliphatic carbocycles. The van der Waals surface area contributed by atoms with Crippen LogP contribution >= 0.6 is 0 Å². The van der Waals surface area contributed by atoms with E-state index in [4.69, 9.17) is 0 Å². The molecule has 204 valence electrons. The van der Waals surface area contributed by atoms with Gasteiger partial charge < -0.3 is 15.5 Å². The Morgan fingerprint density at radius 1 is 0.946 bits per heavy atom. The highest BCUT2D eigenvalue weighted by atomic mass is 16.2. The first kappa shape index (κ1) is 26.7. The molecule has 0 heterocycles. The molecule has 1 atom stereocenters. The zero-order chi connectivity index (χ0) is 26.0. The predicted molar refractivity (Wildman–Crippen MR) is 150 cm³/mol. The zero-order valence-corrected chi connectivity index (χ0v) is 23.4. The van der Waals surface area contributed by atoms with Crippen LogP contribution in [0, 0.1) is 23.7 Å². The lowest BCUT2D eigenvalue weighted by Crippen LogP contribution is -2.50. The van der Waals surface area contributed by atoms with E-state index in [0.29, 0.717) is 23.6 Å². The Hall–Kier alpha value is -1.88. The van der Waals surface area contributed by atoms with Crippen LogP contribution in [0.1, 0.15) is 107 Å². The Bertz CT molecular complexity index is 899.